The van der Waals surface area contributed by atoms with Gasteiger partial charge in [-0.25, -0.2) is 9.97 Å². The highest BCUT2D eigenvalue weighted by Gasteiger charge is 2.51. The maximum absolute atomic E-state index is 6.74. The van der Waals surface area contributed by atoms with E-state index in [9.17, 15) is 0 Å². The Kier molecular flexibility index (Phi) is 16.9. The summed E-state index contributed by atoms with van der Waals surface area (Å²) in [5.41, 5.74) is 16.7. The van der Waals surface area contributed by atoms with Gasteiger partial charge in [0.25, 0.3) is 0 Å². The van der Waals surface area contributed by atoms with Gasteiger partial charge in [-0.2, -0.15) is 0 Å². The third kappa shape index (κ3) is 12.8. The first-order chi connectivity index (χ1) is 45.9. The van der Waals surface area contributed by atoms with Crippen LogP contribution in [-0.2, 0) is 9.31 Å². The fourth-order valence-corrected chi connectivity index (χ4v) is 12.4. The van der Waals surface area contributed by atoms with Gasteiger partial charge in [0.1, 0.15) is 0 Å². The summed E-state index contributed by atoms with van der Waals surface area (Å²) >= 11 is 6.74. The number of aromatic nitrogens is 6. The van der Waals surface area contributed by atoms with Crippen molar-refractivity contribution in [2.45, 2.75) is 46.3 Å². The van der Waals surface area contributed by atoms with E-state index in [1.165, 1.54) is 54.2 Å². The zero-order chi connectivity index (χ0) is 63.8. The molecule has 0 unspecified atom stereocenters. The third-order valence-corrected chi connectivity index (χ3v) is 18.4. The van der Waals surface area contributed by atoms with Crippen LogP contribution >= 0.6 is 11.6 Å². The van der Waals surface area contributed by atoms with E-state index in [1.807, 2.05) is 88.8 Å². The molecule has 0 N–H and O–H groups in total. The lowest BCUT2D eigenvalue weighted by atomic mass is 9.80. The number of benzene rings is 10. The lowest BCUT2D eigenvalue weighted by molar-refractivity contribution is 0.00578. The molecule has 0 spiro atoms. The van der Waals surface area contributed by atoms with Gasteiger partial charge in [0.2, 0.25) is 0 Å². The highest BCUT2D eigenvalue weighted by Crippen LogP contribution is 2.39. The Morgan fingerprint density at radius 3 is 1.15 bits per heavy atom. The van der Waals surface area contributed by atoms with Gasteiger partial charge >= 0.3 is 7.12 Å². The van der Waals surface area contributed by atoms with Crippen molar-refractivity contribution in [2.24, 2.45) is 0 Å². The third-order valence-electron chi connectivity index (χ3n) is 18.1. The molecule has 1 aliphatic rings. The number of halogens is 1. The van der Waals surface area contributed by atoms with Crippen molar-refractivity contribution < 1.29 is 9.31 Å². The second-order valence-electron chi connectivity index (χ2n) is 24.7. The van der Waals surface area contributed by atoms with Crippen LogP contribution in [0, 0.1) is 0 Å². The quantitative estimate of drug-likeness (QED) is 0.139. The number of rotatable bonds is 8. The van der Waals surface area contributed by atoms with Crippen LogP contribution < -0.4 is 5.46 Å². The summed E-state index contributed by atoms with van der Waals surface area (Å²) in [6.07, 6.45) is 11.0. The monoisotopic (exact) mass is 1250 g/mol. The Balaban J connectivity index is 0.000000129. The molecule has 0 saturated carbocycles. The molecule has 16 aromatic rings. The normalized spacial score (nSPS) is 13.1. The van der Waals surface area contributed by atoms with E-state index in [0.29, 0.717) is 0 Å². The van der Waals surface area contributed by atoms with Crippen molar-refractivity contribution >= 4 is 89.1 Å². The molecule has 95 heavy (non-hydrogen) atoms. The molecule has 0 atom stereocenters. The maximum Gasteiger partial charge on any atom is 0.496 e. The van der Waals surface area contributed by atoms with Crippen LogP contribution in [0.1, 0.15) is 35.1 Å². The summed E-state index contributed by atoms with van der Waals surface area (Å²) in [6.45, 7) is 8.18. The van der Waals surface area contributed by atoms with Crippen molar-refractivity contribution in [3.05, 3.63) is 309 Å². The molecule has 0 bridgehead atoms. The van der Waals surface area contributed by atoms with Crippen molar-refractivity contribution in [1.29, 1.82) is 0 Å². The minimum absolute atomic E-state index is 0. The Morgan fingerprint density at radius 2 is 0.705 bits per heavy atom. The molecular weight excluding hydrogens is 1180 g/mol. The average Bonchev–Trinajstić information content (AvgIpc) is 1.78. The molecule has 17 rings (SSSR count). The maximum atomic E-state index is 6.74. The molecular formula is C85H66BClN6O2. The van der Waals surface area contributed by atoms with Gasteiger partial charge in [0.15, 0.2) is 0 Å². The number of pyridine rings is 6. The second kappa shape index (κ2) is 26.1. The van der Waals surface area contributed by atoms with E-state index in [0.717, 1.165) is 99.6 Å². The number of nitrogens with zero attached hydrogens (tertiary/aromatic N) is 6. The SMILES string of the molecule is C.CC1(C)OB(c2ccc(-c3cccnc3)nc2)OC1(C)C.Clc1cc(-c2ccc3ccccc3c2)nc2ccc(-c3ccc4ccccc4c3)cc12.c1cncc(-c2ccc(-c3cc(-c4ccc5ccccc5c4)nc4ccc(-c5ccc6ccccc6c5)cc34)cn2)c1. The molecule has 1 aliphatic heterocycles. The van der Waals surface area contributed by atoms with Gasteiger partial charge < -0.3 is 9.31 Å². The molecule has 6 aromatic heterocycles. The minimum Gasteiger partial charge on any atom is -0.399 e. The van der Waals surface area contributed by atoms with Gasteiger partial charge in [0, 0.05) is 81.2 Å². The summed E-state index contributed by atoms with van der Waals surface area (Å²) in [7, 11) is -0.370. The minimum atomic E-state index is -0.370. The lowest BCUT2D eigenvalue weighted by Crippen LogP contribution is -2.41. The molecule has 0 amide bonds. The highest BCUT2D eigenvalue weighted by atomic mass is 35.5. The fourth-order valence-electron chi connectivity index (χ4n) is 12.2. The number of hydrogen-bond acceptors (Lipinski definition) is 8. The average molecular weight is 1250 g/mol. The van der Waals surface area contributed by atoms with Gasteiger partial charge in [-0.15, -0.1) is 0 Å². The van der Waals surface area contributed by atoms with Crippen LogP contribution in [0.15, 0.2) is 304 Å². The van der Waals surface area contributed by atoms with Crippen LogP contribution in [0.5, 0.6) is 0 Å². The van der Waals surface area contributed by atoms with Crippen LogP contribution in [0.3, 0.4) is 0 Å². The molecule has 458 valence electrons. The Morgan fingerprint density at radius 1 is 0.316 bits per heavy atom. The Bertz CT molecular complexity index is 5460. The van der Waals surface area contributed by atoms with E-state index < -0.39 is 0 Å². The molecule has 7 heterocycles. The molecule has 8 nitrogen and oxygen atoms in total. The molecule has 10 heteroatoms. The van der Waals surface area contributed by atoms with E-state index in [1.54, 1.807) is 18.6 Å². The van der Waals surface area contributed by atoms with Gasteiger partial charge in [-0.05, 0) is 196 Å². The first-order valence-electron chi connectivity index (χ1n) is 31.5. The van der Waals surface area contributed by atoms with Gasteiger partial charge in [0.05, 0.1) is 50.0 Å². The highest BCUT2D eigenvalue weighted by molar-refractivity contribution is 6.62. The predicted molar refractivity (Wildman–Crippen MR) is 397 cm³/mol. The summed E-state index contributed by atoms with van der Waals surface area (Å²) in [4.78, 5) is 27.8. The van der Waals surface area contributed by atoms with E-state index in [4.69, 9.17) is 35.9 Å². The topological polar surface area (TPSA) is 95.8 Å². The summed E-state index contributed by atoms with van der Waals surface area (Å²) in [5, 5.41) is 12.6. The second-order valence-corrected chi connectivity index (χ2v) is 25.1. The lowest BCUT2D eigenvalue weighted by Gasteiger charge is -2.32. The predicted octanol–water partition coefficient (Wildman–Crippen LogP) is 21.6. The Hall–Kier alpha value is -11.1. The number of fused-ring (bicyclic) bond motifs is 6. The first kappa shape index (κ1) is 61.4. The number of hydrogen-bond donors (Lipinski definition) is 0. The van der Waals surface area contributed by atoms with Crippen molar-refractivity contribution in [2.75, 3.05) is 0 Å². The van der Waals surface area contributed by atoms with E-state index in [-0.39, 0.29) is 25.7 Å². The standard InChI is InChI=1S/C39H25N3.C29H18ClN.C16H19BN2O2.CH4/c1-3-8-28-20-30(13-11-26(28)6-1)31-15-18-38-36(22-31)35(33-16-17-37(41-25-33)34-10-5-19-40-24-34)23-39(42-38)32-14-12-27-7-2-4-9-29(27)21-32;30-27-18-29(25-12-10-20-6-2-4-8-22(20)16-25)31-28-14-13-24(17-26(27)28)23-11-9-19-5-1-3-7-21(19)15-23;1-15(2)16(3,4)21-17(20-15)13-7-8-14(19-11-13)12-6-5-9-18-10-12;/h1-25H;1-18H;5-11H,1-4H3;1H4. The molecule has 1 saturated heterocycles. The summed E-state index contributed by atoms with van der Waals surface area (Å²) in [6, 6.07) is 93.0. The molecule has 1 fully saturated rings. The van der Waals surface area contributed by atoms with Gasteiger partial charge in [-0.1, -0.05) is 189 Å². The molecule has 10 aromatic carbocycles. The largest absolute Gasteiger partial charge is 0.496 e. The smallest absolute Gasteiger partial charge is 0.399 e. The van der Waals surface area contributed by atoms with Gasteiger partial charge in [-0.3, -0.25) is 19.9 Å². The zero-order valence-corrected chi connectivity index (χ0v) is 53.1. The summed E-state index contributed by atoms with van der Waals surface area (Å²) in [5.74, 6) is 0. The van der Waals surface area contributed by atoms with Crippen LogP contribution in [-0.4, -0.2) is 48.2 Å². The van der Waals surface area contributed by atoms with Crippen LogP contribution in [0.4, 0.5) is 0 Å². The van der Waals surface area contributed by atoms with Crippen molar-refractivity contribution in [3.8, 4) is 78.4 Å². The van der Waals surface area contributed by atoms with Crippen molar-refractivity contribution in [3.63, 3.8) is 0 Å². The molecule has 0 radical (unpaired) electrons. The zero-order valence-electron chi connectivity index (χ0n) is 52.3. The van der Waals surface area contributed by atoms with E-state index >= 15 is 0 Å². The van der Waals surface area contributed by atoms with Crippen LogP contribution in [0.25, 0.3) is 143 Å². The Labute approximate surface area is 558 Å². The first-order valence-corrected chi connectivity index (χ1v) is 31.9. The summed E-state index contributed by atoms with van der Waals surface area (Å²) < 4.78 is 12.0. The van der Waals surface area contributed by atoms with E-state index in [2.05, 4.69) is 239 Å². The van der Waals surface area contributed by atoms with Crippen LogP contribution in [0.2, 0.25) is 5.02 Å². The van der Waals surface area contributed by atoms with Crippen molar-refractivity contribution in [1.82, 2.24) is 29.9 Å². The molecule has 0 aliphatic carbocycles. The fraction of sp³-hybridized carbons (Fsp3) is 0.0824.